The van der Waals surface area contributed by atoms with Crippen LogP contribution in [0.25, 0.3) is 5.57 Å². The van der Waals surface area contributed by atoms with Crippen molar-refractivity contribution in [3.05, 3.63) is 69.8 Å². The van der Waals surface area contributed by atoms with E-state index in [0.717, 1.165) is 24.3 Å². The fourth-order valence-corrected chi connectivity index (χ4v) is 6.35. The van der Waals surface area contributed by atoms with Gasteiger partial charge in [-0.3, -0.25) is 4.99 Å². The molecule has 154 valence electrons. The summed E-state index contributed by atoms with van der Waals surface area (Å²) in [5, 5.41) is 0. The Morgan fingerprint density at radius 2 is 1.52 bits per heavy atom. The average molecular weight is 612 g/mol. The summed E-state index contributed by atoms with van der Waals surface area (Å²) in [7, 11) is 2.20. The van der Waals surface area contributed by atoms with Gasteiger partial charge in [0.05, 0.1) is 11.4 Å². The van der Waals surface area contributed by atoms with Gasteiger partial charge in [0.1, 0.15) is 0 Å². The van der Waals surface area contributed by atoms with E-state index >= 15 is 0 Å². The van der Waals surface area contributed by atoms with Gasteiger partial charge in [-0.2, -0.15) is 0 Å². The molecular formula is C25H30I2N2. The van der Waals surface area contributed by atoms with Crippen LogP contribution in [0.2, 0.25) is 0 Å². The van der Waals surface area contributed by atoms with Crippen molar-refractivity contribution < 1.29 is 0 Å². The predicted octanol–water partition coefficient (Wildman–Crippen LogP) is 7.68. The van der Waals surface area contributed by atoms with Gasteiger partial charge in [0, 0.05) is 31.2 Å². The Morgan fingerprint density at radius 1 is 0.931 bits per heavy atom. The van der Waals surface area contributed by atoms with Crippen molar-refractivity contribution in [2.45, 2.75) is 61.3 Å². The topological polar surface area (TPSA) is 17.3 Å². The number of hydrogen-bond donors (Lipinski definition) is 0. The smallest absolute Gasteiger partial charge is 0.0764 e. The molecule has 0 fully saturated rings. The van der Waals surface area contributed by atoms with Crippen molar-refractivity contribution >= 4 is 56.5 Å². The molecule has 0 saturated carbocycles. The molecule has 4 heteroatoms. The van der Waals surface area contributed by atoms with Gasteiger partial charge < -0.3 is 4.57 Å². The number of halogens is 2. The fourth-order valence-electron chi connectivity index (χ4n) is 4.59. The van der Waals surface area contributed by atoms with E-state index in [0.29, 0.717) is 0 Å². The number of aliphatic imine (C=N–C) groups is 1. The summed E-state index contributed by atoms with van der Waals surface area (Å²) in [6, 6.07) is 4.66. The van der Waals surface area contributed by atoms with Crippen molar-refractivity contribution in [3.63, 3.8) is 0 Å². The van der Waals surface area contributed by atoms with E-state index in [4.69, 9.17) is 4.99 Å². The maximum Gasteiger partial charge on any atom is 0.0764 e. The third kappa shape index (κ3) is 3.80. The number of benzene rings is 1. The van der Waals surface area contributed by atoms with Gasteiger partial charge in [0.2, 0.25) is 0 Å². The Bertz CT molecular complexity index is 1070. The van der Waals surface area contributed by atoms with Crippen LogP contribution in [0.3, 0.4) is 0 Å². The minimum absolute atomic E-state index is 1.02. The summed E-state index contributed by atoms with van der Waals surface area (Å²) in [5.74, 6) is 0. The molecule has 1 aromatic carbocycles. The molecule has 1 aliphatic rings. The highest BCUT2D eigenvalue weighted by atomic mass is 127. The van der Waals surface area contributed by atoms with Crippen LogP contribution in [-0.2, 0) is 13.5 Å². The number of allylic oxidation sites excluding steroid dienone is 2. The molecule has 0 atom stereocenters. The molecule has 2 nitrogen and oxygen atoms in total. The second-order valence-electron chi connectivity index (χ2n) is 7.89. The van der Waals surface area contributed by atoms with Crippen molar-refractivity contribution in [3.8, 4) is 0 Å². The number of nitrogens with zero attached hydrogens (tertiary/aromatic N) is 2. The maximum atomic E-state index is 5.11. The van der Waals surface area contributed by atoms with Crippen molar-refractivity contribution in [1.29, 1.82) is 0 Å². The summed E-state index contributed by atoms with van der Waals surface area (Å²) in [6.45, 7) is 15.6. The summed E-state index contributed by atoms with van der Waals surface area (Å²) in [6.07, 6.45) is 2.07. The standard InChI is InChI=1S/C25H30I2N2/c1-9-19-13(3)24(28-16(19)6)23(18-11-21(26)15(5)22(27)12-18)25-14(4)20(10-2)17(7)29(25)8/h11-12H,9-10H2,1-8H3/b24-23-. The van der Waals surface area contributed by atoms with E-state index in [1.165, 1.54) is 57.5 Å². The van der Waals surface area contributed by atoms with E-state index in [1.807, 2.05) is 0 Å². The average Bonchev–Trinajstić information content (AvgIpc) is 3.07. The lowest BCUT2D eigenvalue weighted by molar-refractivity contribution is 0.854. The molecular weight excluding hydrogens is 582 g/mol. The van der Waals surface area contributed by atoms with Crippen LogP contribution < -0.4 is 0 Å². The van der Waals surface area contributed by atoms with E-state index in [1.54, 1.807) is 0 Å². The highest BCUT2D eigenvalue weighted by molar-refractivity contribution is 14.1. The third-order valence-corrected chi connectivity index (χ3v) is 8.60. The lowest BCUT2D eigenvalue weighted by Crippen LogP contribution is -2.04. The van der Waals surface area contributed by atoms with Crippen molar-refractivity contribution in [2.75, 3.05) is 0 Å². The zero-order valence-electron chi connectivity index (χ0n) is 18.7. The first-order valence-corrected chi connectivity index (χ1v) is 12.4. The molecule has 3 rings (SSSR count). The highest BCUT2D eigenvalue weighted by Gasteiger charge is 2.26. The van der Waals surface area contributed by atoms with Crippen molar-refractivity contribution in [2.24, 2.45) is 12.0 Å². The lowest BCUT2D eigenvalue weighted by Gasteiger charge is -2.17. The predicted molar refractivity (Wildman–Crippen MR) is 143 cm³/mol. The molecule has 0 radical (unpaired) electrons. The molecule has 29 heavy (non-hydrogen) atoms. The van der Waals surface area contributed by atoms with Gasteiger partial charge in [-0.25, -0.2) is 0 Å². The maximum absolute atomic E-state index is 5.11. The Balaban J connectivity index is 2.48. The Morgan fingerprint density at radius 3 is 1.97 bits per heavy atom. The van der Waals surface area contributed by atoms with E-state index in [2.05, 4.69) is 117 Å². The van der Waals surface area contributed by atoms with E-state index in [-0.39, 0.29) is 0 Å². The van der Waals surface area contributed by atoms with Gasteiger partial charge in [-0.05, 0) is 138 Å². The monoisotopic (exact) mass is 612 g/mol. The fraction of sp³-hybridized carbons (Fsp3) is 0.400. The summed E-state index contributed by atoms with van der Waals surface area (Å²) in [5.41, 5.74) is 14.4. The van der Waals surface area contributed by atoms with Crippen LogP contribution in [0.5, 0.6) is 0 Å². The van der Waals surface area contributed by atoms with Crippen LogP contribution in [0.15, 0.2) is 34.0 Å². The number of hydrogen-bond acceptors (Lipinski definition) is 1. The largest absolute Gasteiger partial charge is 0.347 e. The summed E-state index contributed by atoms with van der Waals surface area (Å²) < 4.78 is 4.98. The van der Waals surface area contributed by atoms with Crippen LogP contribution in [0.1, 0.15) is 67.8 Å². The molecule has 1 aliphatic heterocycles. The second-order valence-corrected chi connectivity index (χ2v) is 10.2. The third-order valence-electron chi connectivity index (χ3n) is 6.36. The van der Waals surface area contributed by atoms with Crippen LogP contribution in [-0.4, -0.2) is 10.3 Å². The number of rotatable bonds is 4. The van der Waals surface area contributed by atoms with Crippen LogP contribution in [0.4, 0.5) is 0 Å². The van der Waals surface area contributed by atoms with E-state index < -0.39 is 0 Å². The Labute approximate surface area is 202 Å². The zero-order chi connectivity index (χ0) is 21.6. The summed E-state index contributed by atoms with van der Waals surface area (Å²) >= 11 is 4.93. The van der Waals surface area contributed by atoms with E-state index in [9.17, 15) is 0 Å². The molecule has 2 aromatic rings. The lowest BCUT2D eigenvalue weighted by atomic mass is 9.92. The number of aromatic nitrogens is 1. The van der Waals surface area contributed by atoms with Crippen LogP contribution in [0, 0.1) is 27.9 Å². The van der Waals surface area contributed by atoms with Gasteiger partial charge in [-0.1, -0.05) is 13.8 Å². The Hall–Kier alpha value is -0.890. The Kier molecular flexibility index (Phi) is 6.83. The normalized spacial score (nSPS) is 16.0. The first-order valence-electron chi connectivity index (χ1n) is 10.2. The molecule has 0 saturated heterocycles. The van der Waals surface area contributed by atoms with Gasteiger partial charge in [-0.15, -0.1) is 0 Å². The molecule has 0 bridgehead atoms. The molecule has 0 amide bonds. The second kappa shape index (κ2) is 8.69. The van der Waals surface area contributed by atoms with Gasteiger partial charge in [0.25, 0.3) is 0 Å². The van der Waals surface area contributed by atoms with Crippen LogP contribution >= 0.6 is 45.2 Å². The first-order chi connectivity index (χ1) is 13.6. The SMILES string of the molecule is CCC1=C(C)/C(=C(\c2cc(I)c(C)c(I)c2)c2c(C)c(CC)c(C)n2C)N=C1C. The molecule has 2 heterocycles. The first kappa shape index (κ1) is 22.8. The zero-order valence-corrected chi connectivity index (χ0v) is 23.0. The molecule has 1 aromatic heterocycles. The minimum Gasteiger partial charge on any atom is -0.347 e. The molecule has 0 spiro atoms. The molecule has 0 unspecified atom stereocenters. The quantitative estimate of drug-likeness (QED) is 0.316. The van der Waals surface area contributed by atoms with Gasteiger partial charge >= 0.3 is 0 Å². The summed E-state index contributed by atoms with van der Waals surface area (Å²) in [4.78, 5) is 5.11. The van der Waals surface area contributed by atoms with Gasteiger partial charge in [0.15, 0.2) is 0 Å². The minimum atomic E-state index is 1.02. The van der Waals surface area contributed by atoms with Crippen molar-refractivity contribution in [1.82, 2.24) is 4.57 Å². The molecule has 0 aliphatic carbocycles. The highest BCUT2D eigenvalue weighted by Crippen LogP contribution is 2.41. The molecule has 0 N–H and O–H groups in total.